The van der Waals surface area contributed by atoms with E-state index < -0.39 is 11.9 Å². The number of hydrogen-bond donors (Lipinski definition) is 2. The average Bonchev–Trinajstić information content (AvgIpc) is 2.60. The van der Waals surface area contributed by atoms with Crippen molar-refractivity contribution in [2.75, 3.05) is 6.54 Å². The first-order chi connectivity index (χ1) is 11.5. The molecular weight excluding hydrogens is 302 g/mol. The molecule has 0 saturated carbocycles. The van der Waals surface area contributed by atoms with Gasteiger partial charge in [0.25, 0.3) is 0 Å². The van der Waals surface area contributed by atoms with Gasteiger partial charge >= 0.3 is 0 Å². The number of amides is 2. The molecule has 0 bridgehead atoms. The normalized spacial score (nSPS) is 13.1. The molecule has 5 nitrogen and oxygen atoms in total. The van der Waals surface area contributed by atoms with E-state index >= 15 is 0 Å². The predicted octanol–water partition coefficient (Wildman–Crippen LogP) is 2.15. The molecule has 2 aromatic rings. The van der Waals surface area contributed by atoms with Gasteiger partial charge in [-0.05, 0) is 18.1 Å². The van der Waals surface area contributed by atoms with Gasteiger partial charge in [-0.3, -0.25) is 9.59 Å². The Morgan fingerprint density at radius 3 is 1.96 bits per heavy atom. The van der Waals surface area contributed by atoms with Crippen LogP contribution in [0.25, 0.3) is 0 Å². The Kier molecular flexibility index (Phi) is 6.09. The summed E-state index contributed by atoms with van der Waals surface area (Å²) < 4.78 is 0. The van der Waals surface area contributed by atoms with Crippen LogP contribution in [0.3, 0.4) is 0 Å². The van der Waals surface area contributed by atoms with Crippen LogP contribution in [0, 0.1) is 0 Å². The molecule has 2 amide bonds. The molecule has 0 aliphatic heterocycles. The smallest absolute Gasteiger partial charge is 0.237 e. The molecule has 0 aliphatic rings. The van der Waals surface area contributed by atoms with Gasteiger partial charge in [-0.25, -0.2) is 0 Å². The molecule has 0 aromatic heterocycles. The van der Waals surface area contributed by atoms with E-state index in [9.17, 15) is 9.59 Å². The highest BCUT2D eigenvalue weighted by Gasteiger charge is 2.25. The second kappa shape index (κ2) is 8.26. The van der Waals surface area contributed by atoms with Gasteiger partial charge in [0, 0.05) is 12.5 Å². The maximum Gasteiger partial charge on any atom is 0.237 e. The maximum atomic E-state index is 12.7. The van der Waals surface area contributed by atoms with E-state index in [2.05, 4.69) is 0 Å². The second-order valence-electron chi connectivity index (χ2n) is 5.80. The van der Waals surface area contributed by atoms with Gasteiger partial charge in [0.2, 0.25) is 11.8 Å². The van der Waals surface area contributed by atoms with Crippen LogP contribution in [0.15, 0.2) is 60.7 Å². The first kappa shape index (κ1) is 17.7. The minimum Gasteiger partial charge on any atom is -0.368 e. The molecule has 0 fully saturated rings. The number of primary amides is 1. The Hall–Kier alpha value is -2.66. The van der Waals surface area contributed by atoms with E-state index in [0.717, 1.165) is 11.1 Å². The Morgan fingerprint density at radius 1 is 0.958 bits per heavy atom. The van der Waals surface area contributed by atoms with Crippen molar-refractivity contribution in [3.05, 3.63) is 71.8 Å². The summed E-state index contributed by atoms with van der Waals surface area (Å²) in [4.78, 5) is 25.6. The van der Waals surface area contributed by atoms with Crippen LogP contribution >= 0.6 is 0 Å². The number of nitrogens with zero attached hydrogens (tertiary/aromatic N) is 1. The highest BCUT2D eigenvalue weighted by Crippen LogP contribution is 2.23. The lowest BCUT2D eigenvalue weighted by atomic mass is 10.0. The monoisotopic (exact) mass is 325 g/mol. The Bertz CT molecular complexity index is 674. The van der Waals surface area contributed by atoms with Crippen molar-refractivity contribution in [1.82, 2.24) is 4.90 Å². The quantitative estimate of drug-likeness (QED) is 0.817. The van der Waals surface area contributed by atoms with Crippen LogP contribution in [0.2, 0.25) is 0 Å². The van der Waals surface area contributed by atoms with Gasteiger partial charge in [0.1, 0.15) is 0 Å². The lowest BCUT2D eigenvalue weighted by molar-refractivity contribution is -0.137. The van der Waals surface area contributed by atoms with E-state index in [4.69, 9.17) is 11.5 Å². The molecular formula is C19H23N3O2. The van der Waals surface area contributed by atoms with Gasteiger partial charge < -0.3 is 16.4 Å². The highest BCUT2D eigenvalue weighted by atomic mass is 16.2. The first-order valence-corrected chi connectivity index (χ1v) is 7.92. The summed E-state index contributed by atoms with van der Waals surface area (Å²) in [6.45, 7) is 1.75. The van der Waals surface area contributed by atoms with E-state index in [0.29, 0.717) is 0 Å². The third-order valence-electron chi connectivity index (χ3n) is 4.02. The molecule has 0 aliphatic carbocycles. The second-order valence-corrected chi connectivity index (χ2v) is 5.80. The van der Waals surface area contributed by atoms with Crippen LogP contribution in [0.1, 0.15) is 36.6 Å². The largest absolute Gasteiger partial charge is 0.368 e. The van der Waals surface area contributed by atoms with Gasteiger partial charge in [0.05, 0.1) is 12.6 Å². The number of nitrogens with two attached hydrogens (primary N) is 2. The predicted molar refractivity (Wildman–Crippen MR) is 93.8 cm³/mol. The third kappa shape index (κ3) is 4.67. The summed E-state index contributed by atoms with van der Waals surface area (Å²) in [5.74, 6) is -0.735. The zero-order chi connectivity index (χ0) is 17.5. The zero-order valence-corrected chi connectivity index (χ0v) is 13.8. The lowest BCUT2D eigenvalue weighted by Gasteiger charge is -2.29. The Morgan fingerprint density at radius 2 is 1.46 bits per heavy atom. The zero-order valence-electron chi connectivity index (χ0n) is 13.8. The van der Waals surface area contributed by atoms with E-state index in [1.165, 1.54) is 4.90 Å². The number of hydrogen-bond acceptors (Lipinski definition) is 3. The van der Waals surface area contributed by atoms with Gasteiger partial charge in [-0.2, -0.15) is 0 Å². The summed E-state index contributed by atoms with van der Waals surface area (Å²) >= 11 is 0. The molecule has 0 saturated heterocycles. The molecule has 126 valence electrons. The molecule has 5 heteroatoms. The summed E-state index contributed by atoms with van der Waals surface area (Å²) in [5.41, 5.74) is 13.3. The van der Waals surface area contributed by atoms with Gasteiger partial charge in [-0.1, -0.05) is 60.7 Å². The molecule has 0 radical (unpaired) electrons. The van der Waals surface area contributed by atoms with Gasteiger partial charge in [0.15, 0.2) is 0 Å². The fourth-order valence-electron chi connectivity index (χ4n) is 2.64. The highest BCUT2D eigenvalue weighted by molar-refractivity contribution is 5.84. The molecule has 0 heterocycles. The van der Waals surface area contributed by atoms with Crippen LogP contribution in [-0.2, 0) is 9.59 Å². The van der Waals surface area contributed by atoms with Crippen molar-refractivity contribution in [2.24, 2.45) is 11.5 Å². The lowest BCUT2D eigenvalue weighted by Crippen LogP contribution is -2.41. The minimum atomic E-state index is -0.542. The molecule has 2 atom stereocenters. The fourth-order valence-corrected chi connectivity index (χ4v) is 2.64. The Labute approximate surface area is 142 Å². The van der Waals surface area contributed by atoms with Crippen molar-refractivity contribution in [1.29, 1.82) is 0 Å². The van der Waals surface area contributed by atoms with Crippen molar-refractivity contribution in [3.63, 3.8) is 0 Å². The number of benzene rings is 2. The minimum absolute atomic E-state index is 0.120. The van der Waals surface area contributed by atoms with Crippen molar-refractivity contribution < 1.29 is 9.59 Å². The van der Waals surface area contributed by atoms with Crippen LogP contribution in [-0.4, -0.2) is 23.3 Å². The molecule has 24 heavy (non-hydrogen) atoms. The van der Waals surface area contributed by atoms with Crippen LogP contribution < -0.4 is 11.5 Å². The number of carbonyl (C=O) groups is 2. The topological polar surface area (TPSA) is 89.4 Å². The van der Waals surface area contributed by atoms with Crippen LogP contribution in [0.4, 0.5) is 0 Å². The summed E-state index contributed by atoms with van der Waals surface area (Å²) in [5, 5.41) is 0. The van der Waals surface area contributed by atoms with Gasteiger partial charge in [-0.15, -0.1) is 0 Å². The molecule has 2 aromatic carbocycles. The standard InChI is InChI=1S/C19H23N3O2/c1-14(15-8-4-2-5-9-15)22(13-18(21)23)19(24)12-17(20)16-10-6-3-7-11-16/h2-11,14,17H,12-13,20H2,1H3,(H2,21,23)/t14-,17?/m1/s1. The average molecular weight is 325 g/mol. The van der Waals surface area contributed by atoms with Crippen LogP contribution in [0.5, 0.6) is 0 Å². The van der Waals surface area contributed by atoms with E-state index in [1.807, 2.05) is 67.6 Å². The molecule has 0 spiro atoms. The van der Waals surface area contributed by atoms with E-state index in [-0.39, 0.29) is 24.9 Å². The molecule has 2 rings (SSSR count). The third-order valence-corrected chi connectivity index (χ3v) is 4.02. The molecule has 4 N–H and O–H groups in total. The van der Waals surface area contributed by atoms with Crippen molar-refractivity contribution in [3.8, 4) is 0 Å². The number of carbonyl (C=O) groups excluding carboxylic acids is 2. The summed E-state index contributed by atoms with van der Waals surface area (Å²) in [6, 6.07) is 18.3. The van der Waals surface area contributed by atoms with E-state index in [1.54, 1.807) is 0 Å². The molecule has 1 unspecified atom stereocenters. The van der Waals surface area contributed by atoms with Crippen molar-refractivity contribution in [2.45, 2.75) is 25.4 Å². The summed E-state index contributed by atoms with van der Waals surface area (Å²) in [6.07, 6.45) is 0.120. The number of rotatable bonds is 7. The SMILES string of the molecule is C[C@H](c1ccccc1)N(CC(N)=O)C(=O)CC(N)c1ccccc1. The Balaban J connectivity index is 2.15. The maximum absolute atomic E-state index is 12.7. The fraction of sp³-hybridized carbons (Fsp3) is 0.263. The first-order valence-electron chi connectivity index (χ1n) is 7.92. The van der Waals surface area contributed by atoms with Crippen molar-refractivity contribution >= 4 is 11.8 Å². The summed E-state index contributed by atoms with van der Waals surface area (Å²) in [7, 11) is 0.